The Balaban J connectivity index is 2.23. The minimum atomic E-state index is -1.10. The molecule has 19 heavy (non-hydrogen) atoms. The van der Waals surface area contributed by atoms with E-state index in [9.17, 15) is 14.0 Å². The Morgan fingerprint density at radius 3 is 2.47 bits per heavy atom. The SMILES string of the molecule is O=C(O)c1ccc(C(=O)Nc2c(F)cccc2Br)s1. The maximum Gasteiger partial charge on any atom is 0.345 e. The number of benzene rings is 1. The van der Waals surface area contributed by atoms with Gasteiger partial charge in [-0.3, -0.25) is 4.79 Å². The zero-order chi connectivity index (χ0) is 14.0. The lowest BCUT2D eigenvalue weighted by Gasteiger charge is -2.06. The highest BCUT2D eigenvalue weighted by atomic mass is 79.9. The Morgan fingerprint density at radius 1 is 1.21 bits per heavy atom. The monoisotopic (exact) mass is 343 g/mol. The van der Waals surface area contributed by atoms with Gasteiger partial charge in [0.05, 0.1) is 10.6 Å². The second-order valence-electron chi connectivity index (χ2n) is 3.52. The second kappa shape index (κ2) is 5.50. The van der Waals surface area contributed by atoms with Crippen LogP contribution < -0.4 is 5.32 Å². The molecule has 0 unspecified atom stereocenters. The first-order chi connectivity index (χ1) is 8.99. The third-order valence-corrected chi connectivity index (χ3v) is 3.97. The van der Waals surface area contributed by atoms with Gasteiger partial charge in [-0.1, -0.05) is 6.07 Å². The molecule has 2 rings (SSSR count). The largest absolute Gasteiger partial charge is 0.477 e. The molecule has 0 spiro atoms. The summed E-state index contributed by atoms with van der Waals surface area (Å²) in [6.07, 6.45) is 0. The lowest BCUT2D eigenvalue weighted by molar-refractivity contribution is 0.0702. The first-order valence-corrected chi connectivity index (χ1v) is 6.68. The molecule has 2 aromatic rings. The molecule has 2 N–H and O–H groups in total. The topological polar surface area (TPSA) is 66.4 Å². The molecule has 1 aromatic heterocycles. The van der Waals surface area contributed by atoms with Crippen LogP contribution in [0, 0.1) is 5.82 Å². The molecule has 0 radical (unpaired) electrons. The van der Waals surface area contributed by atoms with Gasteiger partial charge in [-0.2, -0.15) is 0 Å². The summed E-state index contributed by atoms with van der Waals surface area (Å²) in [6, 6.07) is 7.03. The minimum Gasteiger partial charge on any atom is -0.477 e. The quantitative estimate of drug-likeness (QED) is 0.894. The molecule has 0 aliphatic heterocycles. The average Bonchev–Trinajstić information content (AvgIpc) is 2.83. The van der Waals surface area contributed by atoms with Crippen molar-refractivity contribution in [2.75, 3.05) is 5.32 Å². The number of para-hydroxylation sites is 1. The summed E-state index contributed by atoms with van der Waals surface area (Å²) in [7, 11) is 0. The van der Waals surface area contributed by atoms with E-state index in [4.69, 9.17) is 5.11 Å². The van der Waals surface area contributed by atoms with E-state index < -0.39 is 17.7 Å². The van der Waals surface area contributed by atoms with Crippen LogP contribution in [0.25, 0.3) is 0 Å². The maximum atomic E-state index is 13.5. The zero-order valence-corrected chi connectivity index (χ0v) is 11.7. The van der Waals surface area contributed by atoms with Crippen LogP contribution in [0.3, 0.4) is 0 Å². The van der Waals surface area contributed by atoms with E-state index in [1.807, 2.05) is 0 Å². The Labute approximate surface area is 120 Å². The Kier molecular flexibility index (Phi) is 3.96. The number of halogens is 2. The number of carboxylic acid groups (broad SMARTS) is 1. The number of thiophene rings is 1. The van der Waals surface area contributed by atoms with Gasteiger partial charge in [0.2, 0.25) is 0 Å². The summed E-state index contributed by atoms with van der Waals surface area (Å²) in [6.45, 7) is 0. The lowest BCUT2D eigenvalue weighted by Crippen LogP contribution is -2.11. The van der Waals surface area contributed by atoms with Crippen molar-refractivity contribution in [2.24, 2.45) is 0 Å². The number of aromatic carboxylic acids is 1. The summed E-state index contributed by atoms with van der Waals surface area (Å²) >= 11 is 3.96. The number of rotatable bonds is 3. The highest BCUT2D eigenvalue weighted by Crippen LogP contribution is 2.26. The first-order valence-electron chi connectivity index (χ1n) is 5.07. The number of amides is 1. The van der Waals surface area contributed by atoms with Crippen molar-refractivity contribution in [3.63, 3.8) is 0 Å². The van der Waals surface area contributed by atoms with Crippen molar-refractivity contribution in [2.45, 2.75) is 0 Å². The molecule has 1 amide bonds. The van der Waals surface area contributed by atoms with E-state index in [-0.39, 0.29) is 15.4 Å². The van der Waals surface area contributed by atoms with Gasteiger partial charge in [0.25, 0.3) is 5.91 Å². The predicted octanol–water partition coefficient (Wildman–Crippen LogP) is 3.60. The average molecular weight is 344 g/mol. The van der Waals surface area contributed by atoms with Crippen LogP contribution in [-0.2, 0) is 0 Å². The van der Waals surface area contributed by atoms with Gasteiger partial charge in [0.1, 0.15) is 10.7 Å². The van der Waals surface area contributed by atoms with E-state index in [1.165, 1.54) is 24.3 Å². The summed E-state index contributed by atoms with van der Waals surface area (Å²) in [5, 5.41) is 11.2. The highest BCUT2D eigenvalue weighted by Gasteiger charge is 2.15. The van der Waals surface area contributed by atoms with E-state index in [2.05, 4.69) is 21.2 Å². The molecular formula is C12H7BrFNO3S. The summed E-state index contributed by atoms with van der Waals surface area (Å²) in [4.78, 5) is 22.8. The van der Waals surface area contributed by atoms with Gasteiger partial charge in [0.15, 0.2) is 0 Å². The third kappa shape index (κ3) is 2.99. The smallest absolute Gasteiger partial charge is 0.345 e. The van der Waals surface area contributed by atoms with Crippen LogP contribution in [0.4, 0.5) is 10.1 Å². The Morgan fingerprint density at radius 2 is 1.89 bits per heavy atom. The van der Waals surface area contributed by atoms with E-state index >= 15 is 0 Å². The normalized spacial score (nSPS) is 10.2. The Hall–Kier alpha value is -1.73. The molecule has 0 atom stereocenters. The number of hydrogen-bond acceptors (Lipinski definition) is 3. The second-order valence-corrected chi connectivity index (χ2v) is 5.46. The number of anilines is 1. The standard InChI is InChI=1S/C12H7BrFNO3S/c13-6-2-1-3-7(14)10(6)15-11(16)8-4-5-9(19-8)12(17)18/h1-5H,(H,15,16)(H,17,18). The van der Waals surface area contributed by atoms with Crippen LogP contribution in [-0.4, -0.2) is 17.0 Å². The number of carbonyl (C=O) groups is 2. The molecule has 7 heteroatoms. The maximum absolute atomic E-state index is 13.5. The molecule has 1 heterocycles. The molecule has 0 aliphatic rings. The number of hydrogen-bond donors (Lipinski definition) is 2. The van der Waals surface area contributed by atoms with E-state index in [0.717, 1.165) is 11.3 Å². The molecule has 4 nitrogen and oxygen atoms in total. The minimum absolute atomic E-state index is 0.0257. The molecule has 0 saturated heterocycles. The molecule has 0 fully saturated rings. The van der Waals surface area contributed by atoms with E-state index in [1.54, 1.807) is 6.07 Å². The van der Waals surface area contributed by atoms with Crippen LogP contribution in [0.15, 0.2) is 34.8 Å². The fourth-order valence-electron chi connectivity index (χ4n) is 1.37. The van der Waals surface area contributed by atoms with Gasteiger partial charge in [-0.25, -0.2) is 9.18 Å². The first kappa shape index (κ1) is 13.7. The van der Waals surface area contributed by atoms with Gasteiger partial charge >= 0.3 is 5.97 Å². The van der Waals surface area contributed by atoms with E-state index in [0.29, 0.717) is 4.47 Å². The number of carboxylic acids is 1. The van der Waals surface area contributed by atoms with Gasteiger partial charge in [0, 0.05) is 4.47 Å². The number of carbonyl (C=O) groups excluding carboxylic acids is 1. The van der Waals surface area contributed by atoms with Gasteiger partial charge in [-0.05, 0) is 40.2 Å². The van der Waals surface area contributed by atoms with Crippen LogP contribution in [0.1, 0.15) is 19.3 Å². The van der Waals surface area contributed by atoms with Gasteiger partial charge in [-0.15, -0.1) is 11.3 Å². The highest BCUT2D eigenvalue weighted by molar-refractivity contribution is 9.10. The third-order valence-electron chi connectivity index (χ3n) is 2.24. The molecular weight excluding hydrogens is 337 g/mol. The predicted molar refractivity (Wildman–Crippen MR) is 73.3 cm³/mol. The molecule has 98 valence electrons. The fourth-order valence-corrected chi connectivity index (χ4v) is 2.55. The molecule has 0 saturated carbocycles. The lowest BCUT2D eigenvalue weighted by atomic mass is 10.3. The molecule has 1 aromatic carbocycles. The summed E-state index contributed by atoms with van der Waals surface area (Å²) < 4.78 is 13.9. The molecule has 0 bridgehead atoms. The molecule has 0 aliphatic carbocycles. The van der Waals surface area contributed by atoms with Crippen LogP contribution in [0.2, 0.25) is 0 Å². The van der Waals surface area contributed by atoms with Crippen molar-refractivity contribution in [1.82, 2.24) is 0 Å². The fraction of sp³-hybridized carbons (Fsp3) is 0. The Bertz CT molecular complexity index is 636. The van der Waals surface area contributed by atoms with Crippen molar-refractivity contribution >= 4 is 44.8 Å². The van der Waals surface area contributed by atoms with Crippen molar-refractivity contribution in [3.8, 4) is 0 Å². The zero-order valence-electron chi connectivity index (χ0n) is 9.31. The summed E-state index contributed by atoms with van der Waals surface area (Å²) in [5.74, 6) is -2.22. The van der Waals surface area contributed by atoms with Crippen molar-refractivity contribution < 1.29 is 19.1 Å². The van der Waals surface area contributed by atoms with Crippen LogP contribution >= 0.6 is 27.3 Å². The van der Waals surface area contributed by atoms with Crippen LogP contribution in [0.5, 0.6) is 0 Å². The number of nitrogens with one attached hydrogen (secondary N) is 1. The summed E-state index contributed by atoms with van der Waals surface area (Å²) in [5.41, 5.74) is 0.0257. The van der Waals surface area contributed by atoms with Gasteiger partial charge < -0.3 is 10.4 Å². The van der Waals surface area contributed by atoms with Crippen molar-refractivity contribution in [3.05, 3.63) is 50.4 Å². The van der Waals surface area contributed by atoms with Crippen molar-refractivity contribution in [1.29, 1.82) is 0 Å².